The summed E-state index contributed by atoms with van der Waals surface area (Å²) in [5, 5.41) is 12.2. The second-order valence-corrected chi connectivity index (χ2v) is 10.6. The van der Waals surface area contributed by atoms with E-state index in [1.54, 1.807) is 22.5 Å². The summed E-state index contributed by atoms with van der Waals surface area (Å²) >= 11 is 0. The number of hydrogen-bond donors (Lipinski definition) is 3. The van der Waals surface area contributed by atoms with E-state index in [4.69, 9.17) is 0 Å². The van der Waals surface area contributed by atoms with Crippen LogP contribution in [0.25, 0.3) is 11.1 Å². The van der Waals surface area contributed by atoms with Gasteiger partial charge in [0, 0.05) is 19.0 Å². The predicted octanol–water partition coefficient (Wildman–Crippen LogP) is 5.07. The van der Waals surface area contributed by atoms with Gasteiger partial charge in [-0.15, -0.1) is 0 Å². The zero-order chi connectivity index (χ0) is 27.7. The Hall–Kier alpha value is -3.26. The first-order valence-electron chi connectivity index (χ1n) is 13.6. The van der Waals surface area contributed by atoms with Crippen LogP contribution < -0.4 is 10.8 Å². The number of carbonyl (C=O) groups excluding carboxylic acids is 3. The van der Waals surface area contributed by atoms with E-state index >= 15 is 0 Å². The van der Waals surface area contributed by atoms with E-state index in [1.807, 2.05) is 45.0 Å². The van der Waals surface area contributed by atoms with Crippen molar-refractivity contribution < 1.29 is 24.0 Å². The summed E-state index contributed by atoms with van der Waals surface area (Å²) in [6, 6.07) is 13.5. The van der Waals surface area contributed by atoms with Crippen molar-refractivity contribution >= 4 is 17.7 Å². The molecular formula is C30H40FN3O4. The Morgan fingerprint density at radius 2 is 1.79 bits per heavy atom. The number of hydrogen-bond acceptors (Lipinski definition) is 4. The van der Waals surface area contributed by atoms with E-state index in [2.05, 4.69) is 5.32 Å². The van der Waals surface area contributed by atoms with Gasteiger partial charge in [-0.1, -0.05) is 57.5 Å². The Bertz CT molecular complexity index is 1090. The normalized spacial score (nSPS) is 17.6. The highest BCUT2D eigenvalue weighted by molar-refractivity contribution is 5.91. The molecular weight excluding hydrogens is 485 g/mol. The average Bonchev–Trinajstić information content (AvgIpc) is 3.07. The largest absolute Gasteiger partial charge is 0.344 e. The molecule has 0 saturated carbocycles. The number of nitrogens with zero attached hydrogens (tertiary/aromatic N) is 1. The zero-order valence-corrected chi connectivity index (χ0v) is 22.6. The molecule has 3 atom stereocenters. The van der Waals surface area contributed by atoms with Gasteiger partial charge >= 0.3 is 0 Å². The Kier molecular flexibility index (Phi) is 10.8. The summed E-state index contributed by atoms with van der Waals surface area (Å²) in [5.74, 6) is -2.46. The maximum atomic E-state index is 13.6. The van der Waals surface area contributed by atoms with Crippen LogP contribution in [0.3, 0.4) is 0 Å². The first kappa shape index (κ1) is 29.3. The highest BCUT2D eigenvalue weighted by Gasteiger charge is 2.36. The number of likely N-dealkylation sites (tertiary alicyclic amines) is 1. The molecule has 38 heavy (non-hydrogen) atoms. The molecule has 1 heterocycles. The number of hydroxylamine groups is 1. The van der Waals surface area contributed by atoms with Crippen LogP contribution in [0, 0.1) is 23.6 Å². The number of benzene rings is 2. The molecule has 1 saturated heterocycles. The highest BCUT2D eigenvalue weighted by Crippen LogP contribution is 2.27. The topological polar surface area (TPSA) is 98.7 Å². The van der Waals surface area contributed by atoms with Gasteiger partial charge in [0.1, 0.15) is 11.9 Å². The first-order chi connectivity index (χ1) is 18.2. The fraction of sp³-hybridized carbons (Fsp3) is 0.500. The van der Waals surface area contributed by atoms with Gasteiger partial charge in [0.25, 0.3) is 0 Å². The first-order valence-corrected chi connectivity index (χ1v) is 13.6. The van der Waals surface area contributed by atoms with E-state index < -0.39 is 23.8 Å². The maximum absolute atomic E-state index is 13.6. The van der Waals surface area contributed by atoms with Crippen molar-refractivity contribution in [2.75, 3.05) is 6.54 Å². The van der Waals surface area contributed by atoms with Gasteiger partial charge in [-0.3, -0.25) is 19.6 Å². The third kappa shape index (κ3) is 7.87. The van der Waals surface area contributed by atoms with E-state index in [9.17, 15) is 24.0 Å². The van der Waals surface area contributed by atoms with Gasteiger partial charge in [0.2, 0.25) is 17.7 Å². The van der Waals surface area contributed by atoms with Crippen LogP contribution in [-0.4, -0.2) is 40.4 Å². The summed E-state index contributed by atoms with van der Waals surface area (Å²) in [4.78, 5) is 41.2. The second-order valence-electron chi connectivity index (χ2n) is 10.6. The molecule has 8 heteroatoms. The summed E-state index contributed by atoms with van der Waals surface area (Å²) in [6.07, 6.45) is 3.80. The lowest BCUT2D eigenvalue weighted by Gasteiger charge is -2.29. The molecule has 0 radical (unpaired) electrons. The second kappa shape index (κ2) is 14.0. The van der Waals surface area contributed by atoms with Crippen molar-refractivity contribution in [2.45, 2.75) is 71.9 Å². The van der Waals surface area contributed by atoms with Gasteiger partial charge in [0.05, 0.1) is 5.92 Å². The SMILES string of the molecule is CCC[C@H](C(=O)NO)[C@@H](CC(C)C)C(=O)N[C@H]1CCCCN(Cc2cccc(-c3ccc(F)cc3)c2)C1=O. The number of nitrogens with one attached hydrogen (secondary N) is 2. The standard InChI is InChI=1S/C30H40FN3O4/c1-4-8-25(29(36)33-38)26(17-20(2)3)28(35)32-27-11-5-6-16-34(30(27)37)19-21-9-7-10-23(18-21)22-12-14-24(31)15-13-22/h7,9-10,12-15,18,20,25-27,38H,4-6,8,11,16-17,19H2,1-3H3,(H,32,35)(H,33,36)/t25-,26+,27-/m0/s1. The minimum atomic E-state index is -0.668. The molecule has 1 fully saturated rings. The van der Waals surface area contributed by atoms with E-state index in [0.29, 0.717) is 38.8 Å². The lowest BCUT2D eigenvalue weighted by atomic mass is 9.81. The monoisotopic (exact) mass is 525 g/mol. The van der Waals surface area contributed by atoms with Crippen molar-refractivity contribution in [3.63, 3.8) is 0 Å². The molecule has 2 aromatic rings. The molecule has 206 valence electrons. The summed E-state index contributed by atoms with van der Waals surface area (Å²) in [5.41, 5.74) is 4.51. The van der Waals surface area contributed by atoms with Crippen LogP contribution in [0.15, 0.2) is 48.5 Å². The van der Waals surface area contributed by atoms with E-state index in [1.165, 1.54) is 12.1 Å². The Morgan fingerprint density at radius 1 is 1.05 bits per heavy atom. The Morgan fingerprint density at radius 3 is 2.45 bits per heavy atom. The molecule has 3 rings (SSSR count). The fourth-order valence-electron chi connectivity index (χ4n) is 5.26. The van der Waals surface area contributed by atoms with Gasteiger partial charge in [-0.05, 0) is 72.9 Å². The fourth-order valence-corrected chi connectivity index (χ4v) is 5.26. The highest BCUT2D eigenvalue weighted by atomic mass is 19.1. The molecule has 0 aliphatic carbocycles. The van der Waals surface area contributed by atoms with Crippen molar-refractivity contribution in [3.8, 4) is 11.1 Å². The van der Waals surface area contributed by atoms with Gasteiger partial charge in [-0.2, -0.15) is 0 Å². The molecule has 1 aliphatic rings. The van der Waals surface area contributed by atoms with E-state index in [0.717, 1.165) is 29.5 Å². The maximum Gasteiger partial charge on any atom is 0.247 e. The summed E-state index contributed by atoms with van der Waals surface area (Å²) in [6.45, 7) is 6.89. The number of rotatable bonds is 11. The Labute approximate surface area is 224 Å². The molecule has 3 amide bonds. The van der Waals surface area contributed by atoms with Crippen molar-refractivity contribution in [2.24, 2.45) is 17.8 Å². The van der Waals surface area contributed by atoms with Crippen LogP contribution in [0.1, 0.15) is 64.9 Å². The lowest BCUT2D eigenvalue weighted by molar-refractivity contribution is -0.143. The van der Waals surface area contributed by atoms with Gasteiger partial charge in [-0.25, -0.2) is 9.87 Å². The third-order valence-electron chi connectivity index (χ3n) is 7.17. The number of carbonyl (C=O) groups is 3. The van der Waals surface area contributed by atoms with Crippen LogP contribution >= 0.6 is 0 Å². The molecule has 7 nitrogen and oxygen atoms in total. The van der Waals surface area contributed by atoms with Crippen LogP contribution in [0.4, 0.5) is 4.39 Å². The van der Waals surface area contributed by atoms with Crippen molar-refractivity contribution in [3.05, 3.63) is 59.9 Å². The Balaban J connectivity index is 1.75. The molecule has 3 N–H and O–H groups in total. The number of halogens is 1. The molecule has 0 bridgehead atoms. The summed E-state index contributed by atoms with van der Waals surface area (Å²) < 4.78 is 13.3. The zero-order valence-electron chi connectivity index (χ0n) is 22.6. The van der Waals surface area contributed by atoms with E-state index in [-0.39, 0.29) is 23.5 Å². The van der Waals surface area contributed by atoms with Crippen molar-refractivity contribution in [1.82, 2.24) is 15.7 Å². The minimum Gasteiger partial charge on any atom is -0.344 e. The van der Waals surface area contributed by atoms with Gasteiger partial charge < -0.3 is 10.2 Å². The number of amides is 3. The molecule has 0 spiro atoms. The predicted molar refractivity (Wildman–Crippen MR) is 144 cm³/mol. The smallest absolute Gasteiger partial charge is 0.247 e. The minimum absolute atomic E-state index is 0.134. The molecule has 0 unspecified atom stereocenters. The average molecular weight is 526 g/mol. The van der Waals surface area contributed by atoms with Crippen LogP contribution in [0.5, 0.6) is 0 Å². The van der Waals surface area contributed by atoms with Crippen molar-refractivity contribution in [1.29, 1.82) is 0 Å². The summed E-state index contributed by atoms with van der Waals surface area (Å²) in [7, 11) is 0. The third-order valence-corrected chi connectivity index (χ3v) is 7.17. The molecule has 2 aromatic carbocycles. The van der Waals surface area contributed by atoms with Crippen LogP contribution in [-0.2, 0) is 20.9 Å². The molecule has 1 aliphatic heterocycles. The quantitative estimate of drug-likeness (QED) is 0.282. The lowest BCUT2D eigenvalue weighted by Crippen LogP contribution is -2.51. The van der Waals surface area contributed by atoms with Gasteiger partial charge in [0.15, 0.2) is 0 Å². The van der Waals surface area contributed by atoms with Crippen LogP contribution in [0.2, 0.25) is 0 Å². The molecule has 0 aromatic heterocycles.